The van der Waals surface area contributed by atoms with Gasteiger partial charge in [-0.05, 0) is 18.2 Å². The first-order valence-electron chi connectivity index (χ1n) is 6.02. The molecule has 104 valence electrons. The van der Waals surface area contributed by atoms with Crippen LogP contribution in [-0.2, 0) is 0 Å². The molecule has 2 heterocycles. The van der Waals surface area contributed by atoms with Crippen LogP contribution in [0.2, 0.25) is 0 Å². The molecule has 1 saturated heterocycles. The lowest BCUT2D eigenvalue weighted by Gasteiger charge is -2.26. The van der Waals surface area contributed by atoms with Gasteiger partial charge in [-0.2, -0.15) is 0 Å². The van der Waals surface area contributed by atoms with Crippen LogP contribution in [0.15, 0.2) is 28.9 Å². The van der Waals surface area contributed by atoms with Crippen molar-refractivity contribution in [3.63, 3.8) is 0 Å². The van der Waals surface area contributed by atoms with Crippen LogP contribution in [0.4, 0.5) is 10.1 Å². The van der Waals surface area contributed by atoms with Crippen molar-refractivity contribution in [2.24, 2.45) is 0 Å². The summed E-state index contributed by atoms with van der Waals surface area (Å²) in [6.07, 6.45) is 1.57. The highest BCUT2D eigenvalue weighted by Crippen LogP contribution is 2.20. The van der Waals surface area contributed by atoms with Gasteiger partial charge in [0, 0.05) is 17.6 Å². The Balaban J connectivity index is 1.73. The molecule has 1 aliphatic rings. The van der Waals surface area contributed by atoms with E-state index in [0.29, 0.717) is 4.47 Å². The maximum absolute atomic E-state index is 13.6. The largest absolute Gasteiger partial charge is 0.318 e. The standard InChI is InChI=1S/C12H11BrFN5O/c13-7-1-2-10(9(14)3-7)16-12(20)11-6-19(18-17-11)8-4-15-5-8/h1-3,6,8,15H,4-5H2,(H,16,20). The molecule has 0 radical (unpaired) electrons. The summed E-state index contributed by atoms with van der Waals surface area (Å²) in [4.78, 5) is 12.0. The van der Waals surface area contributed by atoms with Gasteiger partial charge in [0.05, 0.1) is 17.9 Å². The molecule has 0 atom stereocenters. The van der Waals surface area contributed by atoms with E-state index < -0.39 is 11.7 Å². The van der Waals surface area contributed by atoms with Crippen molar-refractivity contribution in [1.82, 2.24) is 20.3 Å². The molecule has 1 aliphatic heterocycles. The number of carbonyl (C=O) groups is 1. The predicted molar refractivity (Wildman–Crippen MR) is 74.0 cm³/mol. The van der Waals surface area contributed by atoms with Crippen LogP contribution >= 0.6 is 15.9 Å². The van der Waals surface area contributed by atoms with E-state index >= 15 is 0 Å². The highest BCUT2D eigenvalue weighted by molar-refractivity contribution is 9.10. The number of hydrogen-bond donors (Lipinski definition) is 2. The van der Waals surface area contributed by atoms with Crippen molar-refractivity contribution in [2.75, 3.05) is 18.4 Å². The zero-order chi connectivity index (χ0) is 14.1. The summed E-state index contributed by atoms with van der Waals surface area (Å²) in [6.45, 7) is 1.62. The highest BCUT2D eigenvalue weighted by Gasteiger charge is 2.22. The average Bonchev–Trinajstić information content (AvgIpc) is 2.80. The molecule has 6 nitrogen and oxygen atoms in total. The van der Waals surface area contributed by atoms with Gasteiger partial charge in [0.15, 0.2) is 5.69 Å². The van der Waals surface area contributed by atoms with Crippen molar-refractivity contribution in [3.8, 4) is 0 Å². The summed E-state index contributed by atoms with van der Waals surface area (Å²) >= 11 is 3.16. The van der Waals surface area contributed by atoms with Gasteiger partial charge in [-0.1, -0.05) is 21.1 Å². The minimum absolute atomic E-state index is 0.109. The molecule has 0 aliphatic carbocycles. The van der Waals surface area contributed by atoms with Crippen molar-refractivity contribution in [1.29, 1.82) is 0 Å². The molecule has 1 aromatic carbocycles. The van der Waals surface area contributed by atoms with Crippen LogP contribution in [0.25, 0.3) is 0 Å². The van der Waals surface area contributed by atoms with Crippen LogP contribution in [0.1, 0.15) is 16.5 Å². The van der Waals surface area contributed by atoms with Crippen LogP contribution in [0.5, 0.6) is 0 Å². The minimum Gasteiger partial charge on any atom is -0.318 e. The number of hydrogen-bond acceptors (Lipinski definition) is 4. The topological polar surface area (TPSA) is 71.8 Å². The van der Waals surface area contributed by atoms with Gasteiger partial charge in [-0.3, -0.25) is 4.79 Å². The van der Waals surface area contributed by atoms with Gasteiger partial charge < -0.3 is 10.6 Å². The number of nitrogens with one attached hydrogen (secondary N) is 2. The maximum Gasteiger partial charge on any atom is 0.277 e. The van der Waals surface area contributed by atoms with Crippen molar-refractivity contribution < 1.29 is 9.18 Å². The molecular weight excluding hydrogens is 329 g/mol. The Morgan fingerprint density at radius 1 is 1.50 bits per heavy atom. The molecule has 0 spiro atoms. The number of rotatable bonds is 3. The minimum atomic E-state index is -0.511. The average molecular weight is 340 g/mol. The van der Waals surface area contributed by atoms with Crippen LogP contribution in [-0.4, -0.2) is 34.0 Å². The summed E-state index contributed by atoms with van der Waals surface area (Å²) in [6, 6.07) is 4.65. The normalized spacial score (nSPS) is 14.9. The molecule has 1 fully saturated rings. The van der Waals surface area contributed by atoms with E-state index in [4.69, 9.17) is 0 Å². The van der Waals surface area contributed by atoms with Crippen LogP contribution in [0, 0.1) is 5.82 Å². The summed E-state index contributed by atoms with van der Waals surface area (Å²) in [7, 11) is 0. The van der Waals surface area contributed by atoms with Gasteiger partial charge in [0.1, 0.15) is 5.82 Å². The number of halogens is 2. The van der Waals surface area contributed by atoms with Crippen molar-refractivity contribution in [3.05, 3.63) is 40.4 Å². The number of amides is 1. The summed E-state index contributed by atoms with van der Waals surface area (Å²) in [5.41, 5.74) is 0.275. The Kier molecular flexibility index (Phi) is 3.49. The Hall–Kier alpha value is -1.80. The lowest BCUT2D eigenvalue weighted by Crippen LogP contribution is -2.43. The quantitative estimate of drug-likeness (QED) is 0.890. The third kappa shape index (κ3) is 2.56. The number of carbonyl (C=O) groups excluding carboxylic acids is 1. The van der Waals surface area contributed by atoms with Gasteiger partial charge in [0.25, 0.3) is 5.91 Å². The third-order valence-electron chi connectivity index (χ3n) is 3.06. The Labute approximate surface area is 122 Å². The highest BCUT2D eigenvalue weighted by atomic mass is 79.9. The first-order valence-corrected chi connectivity index (χ1v) is 6.82. The molecule has 0 unspecified atom stereocenters. The fourth-order valence-corrected chi connectivity index (χ4v) is 2.13. The molecule has 8 heteroatoms. The fraction of sp³-hybridized carbons (Fsp3) is 0.250. The number of anilines is 1. The lowest BCUT2D eigenvalue weighted by atomic mass is 10.2. The lowest BCUT2D eigenvalue weighted by molar-refractivity contribution is 0.102. The first-order chi connectivity index (χ1) is 9.63. The number of nitrogens with zero attached hydrogens (tertiary/aromatic N) is 3. The van der Waals surface area contributed by atoms with E-state index in [2.05, 4.69) is 36.9 Å². The second kappa shape index (κ2) is 5.29. The maximum atomic E-state index is 13.6. The van der Waals surface area contributed by atoms with Gasteiger partial charge in [0.2, 0.25) is 0 Å². The predicted octanol–water partition coefficient (Wildman–Crippen LogP) is 1.58. The molecule has 3 rings (SSSR count). The molecular formula is C12H11BrFN5O. The SMILES string of the molecule is O=C(Nc1ccc(Br)cc1F)c1cn(C2CNC2)nn1. The second-order valence-electron chi connectivity index (χ2n) is 4.47. The molecule has 2 aromatic rings. The first kappa shape index (κ1) is 13.2. The van der Waals surface area contributed by atoms with E-state index in [9.17, 15) is 9.18 Å². The molecule has 1 amide bonds. The fourth-order valence-electron chi connectivity index (χ4n) is 1.80. The van der Waals surface area contributed by atoms with Crippen molar-refractivity contribution >= 4 is 27.5 Å². The summed E-state index contributed by atoms with van der Waals surface area (Å²) in [5.74, 6) is -0.993. The van der Waals surface area contributed by atoms with E-state index in [1.54, 1.807) is 16.9 Å². The van der Waals surface area contributed by atoms with Gasteiger partial charge >= 0.3 is 0 Å². The van der Waals surface area contributed by atoms with Gasteiger partial charge in [-0.25, -0.2) is 9.07 Å². The smallest absolute Gasteiger partial charge is 0.277 e. The zero-order valence-corrected chi connectivity index (χ0v) is 11.9. The molecule has 20 heavy (non-hydrogen) atoms. The molecule has 2 N–H and O–H groups in total. The van der Waals surface area contributed by atoms with E-state index in [1.807, 2.05) is 0 Å². The summed E-state index contributed by atoms with van der Waals surface area (Å²) in [5, 5.41) is 13.3. The van der Waals surface area contributed by atoms with E-state index in [1.165, 1.54) is 12.1 Å². The van der Waals surface area contributed by atoms with Crippen molar-refractivity contribution in [2.45, 2.75) is 6.04 Å². The Morgan fingerprint density at radius 3 is 2.95 bits per heavy atom. The third-order valence-corrected chi connectivity index (χ3v) is 3.55. The van der Waals surface area contributed by atoms with Crippen LogP contribution < -0.4 is 10.6 Å². The molecule has 1 aromatic heterocycles. The van der Waals surface area contributed by atoms with E-state index in [0.717, 1.165) is 13.1 Å². The molecule has 0 saturated carbocycles. The number of aromatic nitrogens is 3. The zero-order valence-electron chi connectivity index (χ0n) is 10.3. The summed E-state index contributed by atoms with van der Waals surface area (Å²) < 4.78 is 15.9. The monoisotopic (exact) mass is 339 g/mol. The Bertz CT molecular complexity index is 655. The molecule has 0 bridgehead atoms. The van der Waals surface area contributed by atoms with Crippen LogP contribution in [0.3, 0.4) is 0 Å². The number of benzene rings is 1. The van der Waals surface area contributed by atoms with Gasteiger partial charge in [-0.15, -0.1) is 5.10 Å². The van der Waals surface area contributed by atoms with E-state index in [-0.39, 0.29) is 17.4 Å². The second-order valence-corrected chi connectivity index (χ2v) is 5.39. The Morgan fingerprint density at radius 2 is 2.30 bits per heavy atom.